The number of hydrogen-bond donors (Lipinski definition) is 2. The molecule has 0 aromatic heterocycles. The van der Waals surface area contributed by atoms with Gasteiger partial charge in [0.1, 0.15) is 11.5 Å². The molecular weight excluding hydrogens is 612 g/mol. The first-order valence-corrected chi connectivity index (χ1v) is 16.3. The molecule has 0 fully saturated rings. The SMILES string of the molecule is O=P(c1ccc(O)cc1)(c1ccc(O)cc1)c1ccc2ccccc2c1-c1c(OS(=O)(=O)C(F)(F)F)ccc2ccccc12. The van der Waals surface area contributed by atoms with E-state index >= 15 is 4.57 Å². The summed E-state index contributed by atoms with van der Waals surface area (Å²) in [6, 6.07) is 31.0. The number of halogens is 3. The molecule has 0 saturated carbocycles. The van der Waals surface area contributed by atoms with Crippen LogP contribution < -0.4 is 20.1 Å². The summed E-state index contributed by atoms with van der Waals surface area (Å²) in [5.74, 6) is -0.750. The van der Waals surface area contributed by atoms with E-state index in [4.69, 9.17) is 4.18 Å². The standard InChI is InChI=1S/C33H22F3O6PS/c34-33(35,36)44(40,41)42-29-19-9-21-5-1-3-7-27(21)31(29)32-28-8-4-2-6-22(28)10-20-30(32)43(39,25-15-11-23(37)12-16-25)26-17-13-24(38)14-18-26/h1-20,37-38H. The molecule has 0 saturated heterocycles. The second-order valence-corrected chi connectivity index (χ2v) is 14.2. The van der Waals surface area contributed by atoms with Crippen LogP contribution in [0.1, 0.15) is 0 Å². The third-order valence-electron chi connectivity index (χ3n) is 7.30. The Morgan fingerprint density at radius 1 is 0.591 bits per heavy atom. The zero-order valence-electron chi connectivity index (χ0n) is 22.6. The molecule has 0 heterocycles. The van der Waals surface area contributed by atoms with Crippen LogP contribution in [0.3, 0.4) is 0 Å². The maximum atomic E-state index is 15.7. The highest BCUT2D eigenvalue weighted by Crippen LogP contribution is 2.50. The van der Waals surface area contributed by atoms with Crippen molar-refractivity contribution in [2.45, 2.75) is 5.51 Å². The normalized spacial score (nSPS) is 12.4. The van der Waals surface area contributed by atoms with Crippen LogP contribution in [-0.2, 0) is 14.7 Å². The summed E-state index contributed by atoms with van der Waals surface area (Å²) in [7, 11) is -10.0. The predicted molar refractivity (Wildman–Crippen MR) is 165 cm³/mol. The van der Waals surface area contributed by atoms with Crippen molar-refractivity contribution in [3.8, 4) is 28.4 Å². The van der Waals surface area contributed by atoms with Gasteiger partial charge in [-0.1, -0.05) is 60.7 Å². The van der Waals surface area contributed by atoms with E-state index in [-0.39, 0.29) is 38.5 Å². The molecule has 11 heteroatoms. The molecule has 6 aromatic carbocycles. The lowest BCUT2D eigenvalue weighted by Crippen LogP contribution is -2.29. The molecule has 6 nitrogen and oxygen atoms in total. The summed E-state index contributed by atoms with van der Waals surface area (Å²) >= 11 is 0. The van der Waals surface area contributed by atoms with Crippen molar-refractivity contribution in [1.82, 2.24) is 0 Å². The van der Waals surface area contributed by atoms with Crippen LogP contribution in [0.4, 0.5) is 13.2 Å². The molecule has 0 aliphatic carbocycles. The second kappa shape index (κ2) is 10.7. The van der Waals surface area contributed by atoms with Gasteiger partial charge in [-0.05, 0) is 82.2 Å². The van der Waals surface area contributed by atoms with E-state index in [1.807, 2.05) is 0 Å². The maximum absolute atomic E-state index is 15.7. The third kappa shape index (κ3) is 4.96. The van der Waals surface area contributed by atoms with Gasteiger partial charge in [-0.3, -0.25) is 0 Å². The Balaban J connectivity index is 1.80. The van der Waals surface area contributed by atoms with Gasteiger partial charge < -0.3 is 19.0 Å². The van der Waals surface area contributed by atoms with Gasteiger partial charge in [0.05, 0.1) is 0 Å². The van der Waals surface area contributed by atoms with Crippen molar-refractivity contribution in [2.75, 3.05) is 0 Å². The van der Waals surface area contributed by atoms with Crippen LogP contribution in [0.2, 0.25) is 0 Å². The predicted octanol–water partition coefficient (Wildman–Crippen LogP) is 6.94. The molecule has 6 aromatic rings. The van der Waals surface area contributed by atoms with E-state index in [1.54, 1.807) is 60.7 Å². The van der Waals surface area contributed by atoms with Gasteiger partial charge in [0.2, 0.25) is 0 Å². The lowest BCUT2D eigenvalue weighted by Gasteiger charge is -2.26. The van der Waals surface area contributed by atoms with Crippen molar-refractivity contribution < 1.29 is 40.6 Å². The lowest BCUT2D eigenvalue weighted by molar-refractivity contribution is -0.0499. The average Bonchev–Trinajstić information content (AvgIpc) is 3.00. The molecule has 0 bridgehead atoms. The molecule has 6 rings (SSSR count). The fraction of sp³-hybridized carbons (Fsp3) is 0.0303. The van der Waals surface area contributed by atoms with Crippen molar-refractivity contribution in [3.05, 3.63) is 121 Å². The fourth-order valence-electron chi connectivity index (χ4n) is 5.28. The van der Waals surface area contributed by atoms with Gasteiger partial charge in [0.25, 0.3) is 0 Å². The monoisotopic (exact) mass is 634 g/mol. The van der Waals surface area contributed by atoms with Crippen LogP contribution in [-0.4, -0.2) is 24.1 Å². The van der Waals surface area contributed by atoms with Gasteiger partial charge in [-0.25, -0.2) is 0 Å². The van der Waals surface area contributed by atoms with Gasteiger partial charge in [0.15, 0.2) is 12.9 Å². The Morgan fingerprint density at radius 3 is 1.55 bits per heavy atom. The van der Waals surface area contributed by atoms with E-state index in [2.05, 4.69) is 0 Å². The molecule has 0 amide bonds. The minimum Gasteiger partial charge on any atom is -0.508 e. The Hall–Kier alpha value is -4.79. The number of phenols is 2. The van der Waals surface area contributed by atoms with Crippen molar-refractivity contribution in [1.29, 1.82) is 0 Å². The summed E-state index contributed by atoms with van der Waals surface area (Å²) in [6.45, 7) is 0. The Bertz CT molecular complexity index is 2150. The van der Waals surface area contributed by atoms with E-state index in [0.717, 1.165) is 6.07 Å². The molecule has 44 heavy (non-hydrogen) atoms. The van der Waals surface area contributed by atoms with Gasteiger partial charge in [-0.15, -0.1) is 0 Å². The quantitative estimate of drug-likeness (QED) is 0.117. The Morgan fingerprint density at radius 2 is 1.05 bits per heavy atom. The molecule has 0 aliphatic heterocycles. The first-order chi connectivity index (χ1) is 20.9. The fourth-order valence-corrected chi connectivity index (χ4v) is 8.58. The Kier molecular flexibility index (Phi) is 7.14. The van der Waals surface area contributed by atoms with E-state index < -0.39 is 28.5 Å². The lowest BCUT2D eigenvalue weighted by atomic mass is 9.93. The molecule has 0 aliphatic rings. The molecule has 0 atom stereocenters. The summed E-state index contributed by atoms with van der Waals surface area (Å²) < 4.78 is 86.0. The van der Waals surface area contributed by atoms with E-state index in [0.29, 0.717) is 21.5 Å². The van der Waals surface area contributed by atoms with E-state index in [1.165, 1.54) is 54.6 Å². The largest absolute Gasteiger partial charge is 0.534 e. The summed E-state index contributed by atoms with van der Waals surface area (Å²) in [6.07, 6.45) is 0. The number of alkyl halides is 3. The average molecular weight is 635 g/mol. The van der Waals surface area contributed by atoms with Crippen LogP contribution in [0.25, 0.3) is 32.7 Å². The number of fused-ring (bicyclic) bond motifs is 2. The number of phenolic OH excluding ortho intramolecular Hbond substituents is 2. The first kappa shape index (κ1) is 29.3. The second-order valence-electron chi connectivity index (χ2n) is 9.97. The minimum absolute atomic E-state index is 0.000469. The van der Waals surface area contributed by atoms with Crippen LogP contribution >= 0.6 is 7.14 Å². The van der Waals surface area contributed by atoms with Crippen molar-refractivity contribution in [2.24, 2.45) is 0 Å². The zero-order valence-corrected chi connectivity index (χ0v) is 24.3. The molecule has 0 unspecified atom stereocenters. The highest BCUT2D eigenvalue weighted by atomic mass is 32.2. The van der Waals surface area contributed by atoms with Crippen LogP contribution in [0, 0.1) is 0 Å². The smallest absolute Gasteiger partial charge is 0.508 e. The number of benzene rings is 6. The summed E-state index contributed by atoms with van der Waals surface area (Å²) in [5, 5.41) is 22.8. The maximum Gasteiger partial charge on any atom is 0.534 e. The topological polar surface area (TPSA) is 101 Å². The molecule has 0 radical (unpaired) electrons. The third-order valence-corrected chi connectivity index (χ3v) is 11.4. The van der Waals surface area contributed by atoms with Gasteiger partial charge >= 0.3 is 15.6 Å². The zero-order chi connectivity index (χ0) is 31.3. The number of rotatable bonds is 6. The molecule has 0 spiro atoms. The summed E-state index contributed by atoms with van der Waals surface area (Å²) in [5.41, 5.74) is -5.50. The van der Waals surface area contributed by atoms with Crippen LogP contribution in [0.15, 0.2) is 121 Å². The van der Waals surface area contributed by atoms with Gasteiger partial charge in [0, 0.05) is 27.0 Å². The summed E-state index contributed by atoms with van der Waals surface area (Å²) in [4.78, 5) is 0. The van der Waals surface area contributed by atoms with Gasteiger partial charge in [-0.2, -0.15) is 21.6 Å². The highest BCUT2D eigenvalue weighted by molar-refractivity contribution is 7.88. The minimum atomic E-state index is -6.09. The molecule has 2 N–H and O–H groups in total. The first-order valence-electron chi connectivity index (χ1n) is 13.1. The number of hydrogen-bond acceptors (Lipinski definition) is 6. The number of aromatic hydroxyl groups is 2. The molecular formula is C33H22F3O6PS. The highest BCUT2D eigenvalue weighted by Gasteiger charge is 2.49. The van der Waals surface area contributed by atoms with Crippen molar-refractivity contribution in [3.63, 3.8) is 0 Å². The Labute approximate surface area is 250 Å². The molecule has 222 valence electrons. The van der Waals surface area contributed by atoms with E-state index in [9.17, 15) is 31.8 Å². The van der Waals surface area contributed by atoms with Crippen molar-refractivity contribution >= 4 is 54.7 Å². The van der Waals surface area contributed by atoms with Crippen LogP contribution in [0.5, 0.6) is 17.2 Å².